The van der Waals surface area contributed by atoms with Crippen molar-refractivity contribution in [1.82, 2.24) is 4.90 Å². The standard InChI is InChI=1S/C15H18FNO.ClH/c1-17-9-3-5-13(17)14-11(7-9)10-4-2-8(16)6-12(10)15(14)18;/h2,4,6,9,11,13-15,18H,3,5,7H2,1H3;1H/t9?,11-,13?,14+,15-;/m1./s1. The summed E-state index contributed by atoms with van der Waals surface area (Å²) in [4.78, 5) is 2.44. The lowest BCUT2D eigenvalue weighted by atomic mass is 9.80. The van der Waals surface area contributed by atoms with Crippen LogP contribution in [0.4, 0.5) is 4.39 Å². The van der Waals surface area contributed by atoms with Gasteiger partial charge in [0.1, 0.15) is 5.82 Å². The van der Waals surface area contributed by atoms with E-state index in [0.717, 1.165) is 12.0 Å². The van der Waals surface area contributed by atoms with Gasteiger partial charge in [0.25, 0.3) is 0 Å². The maximum Gasteiger partial charge on any atom is 0.123 e. The van der Waals surface area contributed by atoms with Gasteiger partial charge >= 0.3 is 0 Å². The highest BCUT2D eigenvalue weighted by molar-refractivity contribution is 5.85. The Balaban J connectivity index is 0.00000110. The largest absolute Gasteiger partial charge is 0.388 e. The minimum absolute atomic E-state index is 0. The van der Waals surface area contributed by atoms with E-state index < -0.39 is 6.10 Å². The molecule has 2 saturated heterocycles. The predicted octanol–water partition coefficient (Wildman–Crippen LogP) is 2.86. The second-order valence-corrected chi connectivity index (χ2v) is 6.10. The molecule has 2 unspecified atom stereocenters. The summed E-state index contributed by atoms with van der Waals surface area (Å²) < 4.78 is 13.4. The van der Waals surface area contributed by atoms with E-state index in [0.29, 0.717) is 18.0 Å². The fourth-order valence-electron chi connectivity index (χ4n) is 4.62. The molecule has 1 aromatic rings. The van der Waals surface area contributed by atoms with Crippen LogP contribution < -0.4 is 0 Å². The van der Waals surface area contributed by atoms with Crippen molar-refractivity contribution >= 4 is 12.4 Å². The van der Waals surface area contributed by atoms with Gasteiger partial charge in [-0.25, -0.2) is 4.39 Å². The summed E-state index contributed by atoms with van der Waals surface area (Å²) in [5.41, 5.74) is 2.03. The average Bonchev–Trinajstić information content (AvgIpc) is 2.74. The summed E-state index contributed by atoms with van der Waals surface area (Å²) in [5.74, 6) is 0.472. The Morgan fingerprint density at radius 1 is 1.26 bits per heavy atom. The van der Waals surface area contributed by atoms with Crippen LogP contribution in [0.5, 0.6) is 0 Å². The van der Waals surface area contributed by atoms with E-state index in [1.54, 1.807) is 0 Å². The number of piperidine rings is 1. The van der Waals surface area contributed by atoms with Crippen LogP contribution >= 0.6 is 12.4 Å². The number of aliphatic hydroxyl groups excluding tert-OH is 1. The topological polar surface area (TPSA) is 23.5 Å². The second kappa shape index (κ2) is 4.44. The van der Waals surface area contributed by atoms with Gasteiger partial charge in [0.05, 0.1) is 6.10 Å². The summed E-state index contributed by atoms with van der Waals surface area (Å²) in [6, 6.07) is 6.09. The first-order chi connectivity index (χ1) is 8.66. The lowest BCUT2D eigenvalue weighted by Crippen LogP contribution is -2.45. The van der Waals surface area contributed by atoms with E-state index in [1.807, 2.05) is 6.07 Å². The van der Waals surface area contributed by atoms with Crippen molar-refractivity contribution in [2.45, 2.75) is 43.4 Å². The molecule has 2 nitrogen and oxygen atoms in total. The van der Waals surface area contributed by atoms with Gasteiger partial charge in [0.15, 0.2) is 0 Å². The zero-order valence-corrected chi connectivity index (χ0v) is 11.7. The van der Waals surface area contributed by atoms with Gasteiger partial charge in [-0.1, -0.05) is 6.07 Å². The van der Waals surface area contributed by atoms with Gasteiger partial charge in [-0.05, 0) is 55.5 Å². The number of hydrogen-bond donors (Lipinski definition) is 1. The monoisotopic (exact) mass is 283 g/mol. The lowest BCUT2D eigenvalue weighted by Gasteiger charge is -2.41. The minimum Gasteiger partial charge on any atom is -0.388 e. The van der Waals surface area contributed by atoms with Crippen molar-refractivity contribution in [3.8, 4) is 0 Å². The average molecular weight is 284 g/mol. The maximum absolute atomic E-state index is 13.4. The van der Waals surface area contributed by atoms with Crippen LogP contribution in [0.1, 0.15) is 42.4 Å². The third kappa shape index (κ3) is 1.68. The van der Waals surface area contributed by atoms with E-state index in [2.05, 4.69) is 11.9 Å². The smallest absolute Gasteiger partial charge is 0.123 e. The Bertz CT molecular complexity index is 509. The van der Waals surface area contributed by atoms with Crippen molar-refractivity contribution in [2.75, 3.05) is 7.05 Å². The molecule has 1 aromatic carbocycles. The van der Waals surface area contributed by atoms with E-state index in [4.69, 9.17) is 0 Å². The van der Waals surface area contributed by atoms with Crippen molar-refractivity contribution in [2.24, 2.45) is 5.92 Å². The summed E-state index contributed by atoms with van der Waals surface area (Å²) in [6.45, 7) is 0. The van der Waals surface area contributed by atoms with E-state index in [9.17, 15) is 9.50 Å². The van der Waals surface area contributed by atoms with Gasteiger partial charge in [0, 0.05) is 18.0 Å². The molecule has 19 heavy (non-hydrogen) atoms. The van der Waals surface area contributed by atoms with Gasteiger partial charge in [-0.2, -0.15) is 0 Å². The summed E-state index contributed by atoms with van der Waals surface area (Å²) in [5, 5.41) is 10.5. The van der Waals surface area contributed by atoms with E-state index >= 15 is 0 Å². The molecular formula is C15H19ClFNO. The zero-order valence-electron chi connectivity index (χ0n) is 10.9. The summed E-state index contributed by atoms with van der Waals surface area (Å²) in [6.07, 6.45) is 3.06. The molecule has 5 atom stereocenters. The van der Waals surface area contributed by atoms with E-state index in [1.165, 1.54) is 30.5 Å². The van der Waals surface area contributed by atoms with Crippen LogP contribution in [0.2, 0.25) is 0 Å². The molecule has 3 aliphatic rings. The minimum atomic E-state index is -0.479. The molecule has 2 aliphatic heterocycles. The number of aliphatic hydroxyl groups is 1. The molecule has 2 bridgehead atoms. The van der Waals surface area contributed by atoms with Gasteiger partial charge < -0.3 is 10.0 Å². The fourth-order valence-corrected chi connectivity index (χ4v) is 4.62. The molecule has 0 radical (unpaired) electrons. The number of hydrogen-bond acceptors (Lipinski definition) is 2. The molecule has 2 fully saturated rings. The Labute approximate surface area is 119 Å². The molecule has 4 rings (SSSR count). The van der Waals surface area contributed by atoms with Gasteiger partial charge in [-0.15, -0.1) is 12.4 Å². The molecule has 104 valence electrons. The highest BCUT2D eigenvalue weighted by Crippen LogP contribution is 2.56. The maximum atomic E-state index is 13.4. The molecular weight excluding hydrogens is 265 g/mol. The van der Waals surface area contributed by atoms with Crippen LogP contribution in [-0.4, -0.2) is 29.1 Å². The predicted molar refractivity (Wildman–Crippen MR) is 74.0 cm³/mol. The Morgan fingerprint density at radius 2 is 2.05 bits per heavy atom. The number of fused-ring (bicyclic) bond motifs is 6. The van der Waals surface area contributed by atoms with Gasteiger partial charge in [-0.3, -0.25) is 0 Å². The molecule has 0 spiro atoms. The van der Waals surface area contributed by atoms with Crippen molar-refractivity contribution in [1.29, 1.82) is 0 Å². The lowest BCUT2D eigenvalue weighted by molar-refractivity contribution is 0.0194. The third-order valence-corrected chi connectivity index (χ3v) is 5.46. The Kier molecular flexibility index (Phi) is 3.12. The molecule has 1 aliphatic carbocycles. The Hall–Kier alpha value is -0.640. The van der Waals surface area contributed by atoms with Crippen molar-refractivity contribution in [3.05, 3.63) is 35.1 Å². The van der Waals surface area contributed by atoms with E-state index in [-0.39, 0.29) is 24.1 Å². The number of benzene rings is 1. The summed E-state index contributed by atoms with van der Waals surface area (Å²) in [7, 11) is 2.18. The number of nitrogens with zero attached hydrogens (tertiary/aromatic N) is 1. The van der Waals surface area contributed by atoms with Crippen LogP contribution in [0, 0.1) is 11.7 Å². The molecule has 0 saturated carbocycles. The number of halogens is 2. The third-order valence-electron chi connectivity index (χ3n) is 5.46. The van der Waals surface area contributed by atoms with Crippen molar-refractivity contribution < 1.29 is 9.50 Å². The van der Waals surface area contributed by atoms with Crippen molar-refractivity contribution in [3.63, 3.8) is 0 Å². The first-order valence-electron chi connectivity index (χ1n) is 6.86. The summed E-state index contributed by atoms with van der Waals surface area (Å²) >= 11 is 0. The van der Waals surface area contributed by atoms with Gasteiger partial charge in [0.2, 0.25) is 0 Å². The second-order valence-electron chi connectivity index (χ2n) is 6.10. The quantitative estimate of drug-likeness (QED) is 0.791. The normalized spacial score (nSPS) is 39.6. The fraction of sp³-hybridized carbons (Fsp3) is 0.600. The number of rotatable bonds is 0. The van der Waals surface area contributed by atoms with Crippen LogP contribution in [0.25, 0.3) is 0 Å². The zero-order chi connectivity index (χ0) is 12.4. The Morgan fingerprint density at radius 3 is 2.84 bits per heavy atom. The molecule has 4 heteroatoms. The van der Waals surface area contributed by atoms with Crippen LogP contribution in [-0.2, 0) is 0 Å². The molecule has 0 aromatic heterocycles. The first-order valence-corrected chi connectivity index (χ1v) is 6.86. The molecule has 0 amide bonds. The van der Waals surface area contributed by atoms with Crippen LogP contribution in [0.15, 0.2) is 18.2 Å². The molecule has 2 heterocycles. The van der Waals surface area contributed by atoms with Crippen LogP contribution in [0.3, 0.4) is 0 Å². The highest BCUT2D eigenvalue weighted by atomic mass is 35.5. The molecule has 1 N–H and O–H groups in total. The highest BCUT2D eigenvalue weighted by Gasteiger charge is 2.52. The first kappa shape index (κ1) is 13.3. The SMILES string of the molecule is CN1C2CCC1[C@H]1[C@H](O)c3cc(F)ccc3[C@H]1C2.Cl.